The summed E-state index contributed by atoms with van der Waals surface area (Å²) in [7, 11) is 0. The number of ether oxygens (including phenoxy) is 3. The normalized spacial score (nSPS) is 16.7. The average molecular weight is 411 g/mol. The highest BCUT2D eigenvalue weighted by atomic mass is 16.7. The molecule has 0 aliphatic carbocycles. The molecule has 6 heteroatoms. The van der Waals surface area contributed by atoms with Crippen molar-refractivity contribution in [1.29, 1.82) is 0 Å². The lowest BCUT2D eigenvalue weighted by molar-refractivity contribution is -0.153. The highest BCUT2D eigenvalue weighted by molar-refractivity contribution is 6.06. The summed E-state index contributed by atoms with van der Waals surface area (Å²) in [4.78, 5) is 28.9. The van der Waals surface area contributed by atoms with Gasteiger partial charge in [-0.3, -0.25) is 9.59 Å². The number of carbonyl (C=O) groups excluding carboxylic acids is 2. The van der Waals surface area contributed by atoms with Crippen LogP contribution >= 0.6 is 0 Å². The monoisotopic (exact) mass is 411 g/mol. The smallest absolute Gasteiger partial charge is 0.314 e. The minimum absolute atomic E-state index is 0.273. The summed E-state index contributed by atoms with van der Waals surface area (Å²) in [6, 6.07) is 9.12. The fourth-order valence-electron chi connectivity index (χ4n) is 3.35. The Balaban J connectivity index is 1.77. The molecule has 0 amide bonds. The van der Waals surface area contributed by atoms with Crippen LogP contribution in [0.4, 0.5) is 0 Å². The van der Waals surface area contributed by atoms with Crippen molar-refractivity contribution in [3.05, 3.63) is 47.7 Å². The maximum Gasteiger partial charge on any atom is 0.314 e. The number of nitrogens with zero attached hydrogens (tertiary/aromatic N) is 1. The standard InChI is InChI=1S/C24H29NO5/c1-16-19(11-12-25-23(16)29-22-10-5-6-13-28-22)17-8-7-9-18(14-17)20(26)15-21(27)30-24(2,3)4/h7-9,11-12,14,22H,5-6,10,13,15H2,1-4H3. The highest BCUT2D eigenvalue weighted by Crippen LogP contribution is 2.30. The zero-order valence-corrected chi connectivity index (χ0v) is 18.1. The lowest BCUT2D eigenvalue weighted by Gasteiger charge is -2.24. The molecule has 1 aliphatic rings. The van der Waals surface area contributed by atoms with E-state index < -0.39 is 11.6 Å². The summed E-state index contributed by atoms with van der Waals surface area (Å²) < 4.78 is 16.9. The van der Waals surface area contributed by atoms with Crippen LogP contribution in [0.25, 0.3) is 11.1 Å². The molecule has 1 atom stereocenters. The molecular weight excluding hydrogens is 382 g/mol. The summed E-state index contributed by atoms with van der Waals surface area (Å²) in [6.45, 7) is 7.97. The van der Waals surface area contributed by atoms with Crippen LogP contribution in [0.15, 0.2) is 36.5 Å². The van der Waals surface area contributed by atoms with Gasteiger partial charge in [-0.1, -0.05) is 18.2 Å². The molecule has 2 heterocycles. The fourth-order valence-corrected chi connectivity index (χ4v) is 3.35. The number of hydrogen-bond donors (Lipinski definition) is 0. The van der Waals surface area contributed by atoms with E-state index in [9.17, 15) is 9.59 Å². The van der Waals surface area contributed by atoms with Gasteiger partial charge in [0, 0.05) is 23.7 Å². The third-order valence-corrected chi connectivity index (χ3v) is 4.76. The van der Waals surface area contributed by atoms with Gasteiger partial charge in [0.15, 0.2) is 5.78 Å². The molecule has 0 radical (unpaired) electrons. The molecule has 6 nitrogen and oxygen atoms in total. The van der Waals surface area contributed by atoms with E-state index in [1.165, 1.54) is 0 Å². The first-order valence-corrected chi connectivity index (χ1v) is 10.3. The van der Waals surface area contributed by atoms with Crippen LogP contribution in [-0.4, -0.2) is 35.2 Å². The minimum Gasteiger partial charge on any atom is -0.460 e. The van der Waals surface area contributed by atoms with E-state index in [1.807, 2.05) is 25.1 Å². The van der Waals surface area contributed by atoms with Crippen LogP contribution in [-0.2, 0) is 14.3 Å². The van der Waals surface area contributed by atoms with E-state index in [2.05, 4.69) is 4.98 Å². The Kier molecular flexibility index (Phi) is 6.87. The number of hydrogen-bond acceptors (Lipinski definition) is 6. The predicted octanol–water partition coefficient (Wildman–Crippen LogP) is 4.88. The zero-order chi connectivity index (χ0) is 21.7. The zero-order valence-electron chi connectivity index (χ0n) is 18.1. The van der Waals surface area contributed by atoms with Crippen LogP contribution in [0.1, 0.15) is 62.4 Å². The molecule has 1 aromatic carbocycles. The maximum absolute atomic E-state index is 12.6. The van der Waals surface area contributed by atoms with Crippen molar-refractivity contribution in [2.24, 2.45) is 0 Å². The first kappa shape index (κ1) is 22.0. The number of pyridine rings is 1. The molecule has 1 aromatic heterocycles. The molecule has 0 N–H and O–H groups in total. The fraction of sp³-hybridized carbons (Fsp3) is 0.458. The lowest BCUT2D eigenvalue weighted by Crippen LogP contribution is -2.25. The van der Waals surface area contributed by atoms with Gasteiger partial charge in [0.25, 0.3) is 0 Å². The SMILES string of the molecule is Cc1c(-c2cccc(C(=O)CC(=O)OC(C)(C)C)c2)ccnc1OC1CCCCO1. The van der Waals surface area contributed by atoms with E-state index in [1.54, 1.807) is 39.1 Å². The van der Waals surface area contributed by atoms with Gasteiger partial charge < -0.3 is 14.2 Å². The van der Waals surface area contributed by atoms with Crippen LogP contribution in [0.5, 0.6) is 5.88 Å². The molecule has 1 unspecified atom stereocenters. The highest BCUT2D eigenvalue weighted by Gasteiger charge is 2.21. The molecule has 2 aromatic rings. The molecule has 1 aliphatic heterocycles. The van der Waals surface area contributed by atoms with Crippen molar-refractivity contribution in [2.45, 2.75) is 65.3 Å². The van der Waals surface area contributed by atoms with Crippen molar-refractivity contribution in [2.75, 3.05) is 6.61 Å². The van der Waals surface area contributed by atoms with Crippen LogP contribution in [0.3, 0.4) is 0 Å². The molecule has 1 saturated heterocycles. The molecule has 0 spiro atoms. The number of Topliss-reactive ketones (excluding diaryl/α,β-unsaturated/α-hetero) is 1. The van der Waals surface area contributed by atoms with Crippen LogP contribution in [0, 0.1) is 6.92 Å². The van der Waals surface area contributed by atoms with Gasteiger partial charge in [0.05, 0.1) is 6.61 Å². The molecule has 0 saturated carbocycles. The summed E-state index contributed by atoms with van der Waals surface area (Å²) in [5, 5.41) is 0. The number of ketones is 1. The Morgan fingerprint density at radius 2 is 2.00 bits per heavy atom. The second-order valence-corrected chi connectivity index (χ2v) is 8.47. The Hall–Kier alpha value is -2.73. The second kappa shape index (κ2) is 9.39. The number of carbonyl (C=O) groups is 2. The van der Waals surface area contributed by atoms with Crippen molar-refractivity contribution in [3.8, 4) is 17.0 Å². The number of aromatic nitrogens is 1. The van der Waals surface area contributed by atoms with Gasteiger partial charge in [-0.2, -0.15) is 0 Å². The Bertz CT molecular complexity index is 910. The summed E-state index contributed by atoms with van der Waals surface area (Å²) >= 11 is 0. The largest absolute Gasteiger partial charge is 0.460 e. The molecule has 3 rings (SSSR count). The van der Waals surface area contributed by atoms with Crippen molar-refractivity contribution in [3.63, 3.8) is 0 Å². The van der Waals surface area contributed by atoms with E-state index in [4.69, 9.17) is 14.2 Å². The van der Waals surface area contributed by atoms with E-state index in [0.29, 0.717) is 18.1 Å². The maximum atomic E-state index is 12.6. The number of esters is 1. The Labute approximate surface area is 177 Å². The van der Waals surface area contributed by atoms with Gasteiger partial charge in [0.2, 0.25) is 12.2 Å². The molecule has 160 valence electrons. The molecular formula is C24H29NO5. The number of benzene rings is 1. The summed E-state index contributed by atoms with van der Waals surface area (Å²) in [5.74, 6) is -0.268. The van der Waals surface area contributed by atoms with Gasteiger partial charge in [-0.25, -0.2) is 4.98 Å². The number of rotatable bonds is 6. The summed E-state index contributed by atoms with van der Waals surface area (Å²) in [5.41, 5.74) is 2.50. The first-order chi connectivity index (χ1) is 14.2. The lowest BCUT2D eigenvalue weighted by atomic mass is 9.98. The predicted molar refractivity (Wildman–Crippen MR) is 113 cm³/mol. The van der Waals surface area contributed by atoms with Gasteiger partial charge in [-0.15, -0.1) is 0 Å². The molecule has 1 fully saturated rings. The topological polar surface area (TPSA) is 74.7 Å². The van der Waals surface area contributed by atoms with Gasteiger partial charge in [-0.05, 0) is 63.8 Å². The van der Waals surface area contributed by atoms with Gasteiger partial charge >= 0.3 is 5.97 Å². The minimum atomic E-state index is -0.619. The van der Waals surface area contributed by atoms with Crippen molar-refractivity contribution in [1.82, 2.24) is 4.98 Å². The summed E-state index contributed by atoms with van der Waals surface area (Å²) in [6.07, 6.45) is 4.10. The Morgan fingerprint density at radius 1 is 1.20 bits per heavy atom. The third-order valence-electron chi connectivity index (χ3n) is 4.76. The van der Waals surface area contributed by atoms with Crippen LogP contribution in [0.2, 0.25) is 0 Å². The molecule has 0 bridgehead atoms. The van der Waals surface area contributed by atoms with E-state index in [-0.39, 0.29) is 18.5 Å². The first-order valence-electron chi connectivity index (χ1n) is 10.3. The van der Waals surface area contributed by atoms with Gasteiger partial charge in [0.1, 0.15) is 12.0 Å². The van der Waals surface area contributed by atoms with E-state index >= 15 is 0 Å². The average Bonchev–Trinajstić information content (AvgIpc) is 2.69. The Morgan fingerprint density at radius 3 is 2.70 bits per heavy atom. The quantitative estimate of drug-likeness (QED) is 0.383. The molecule has 30 heavy (non-hydrogen) atoms. The van der Waals surface area contributed by atoms with Crippen molar-refractivity contribution < 1.29 is 23.8 Å². The van der Waals surface area contributed by atoms with Crippen LogP contribution < -0.4 is 4.74 Å². The second-order valence-electron chi connectivity index (χ2n) is 8.47. The van der Waals surface area contributed by atoms with E-state index in [0.717, 1.165) is 36.0 Å². The van der Waals surface area contributed by atoms with Crippen molar-refractivity contribution >= 4 is 11.8 Å². The third kappa shape index (κ3) is 5.89.